The highest BCUT2D eigenvalue weighted by Gasteiger charge is 2.28. The molecule has 1 aromatic heterocycles. The molecule has 0 spiro atoms. The van der Waals surface area contributed by atoms with Crippen LogP contribution >= 0.6 is 0 Å². The topological polar surface area (TPSA) is 80.1 Å². The molecule has 0 radical (unpaired) electrons. The molecule has 0 N–H and O–H groups in total. The Morgan fingerprint density at radius 1 is 1.30 bits per heavy atom. The van der Waals surface area contributed by atoms with E-state index in [-0.39, 0.29) is 24.3 Å². The number of amides is 1. The maximum atomic E-state index is 13.0. The molecule has 27 heavy (non-hydrogen) atoms. The van der Waals surface area contributed by atoms with Gasteiger partial charge in [-0.05, 0) is 37.8 Å². The number of unbranched alkanes of at least 4 members (excludes halogenated alkanes) is 1. The maximum Gasteiger partial charge on any atom is 0.238 e. The fourth-order valence-electron chi connectivity index (χ4n) is 3.15. The van der Waals surface area contributed by atoms with Crippen LogP contribution in [0.15, 0.2) is 22.8 Å². The standard InChI is InChI=1S/C19H32N2O5S/c1-3-5-13-27(23,24)21(10-4-2)16-19(22)20(14-17-8-6-11-25-17)15-18-9-7-12-26-18/h6,8,11,18H,3-5,7,9-10,12-16H2,1-2H3. The van der Waals surface area contributed by atoms with Crippen LogP contribution in [0.1, 0.15) is 51.7 Å². The van der Waals surface area contributed by atoms with Crippen molar-refractivity contribution in [3.63, 3.8) is 0 Å². The van der Waals surface area contributed by atoms with E-state index in [1.165, 1.54) is 4.31 Å². The smallest absolute Gasteiger partial charge is 0.238 e. The Balaban J connectivity index is 2.08. The van der Waals surface area contributed by atoms with Crippen molar-refractivity contribution < 1.29 is 22.4 Å². The van der Waals surface area contributed by atoms with Crippen LogP contribution < -0.4 is 0 Å². The van der Waals surface area contributed by atoms with Crippen molar-refractivity contribution in [1.29, 1.82) is 0 Å². The number of sulfonamides is 1. The molecule has 1 aromatic rings. The number of ether oxygens (including phenoxy) is 1. The Hall–Kier alpha value is -1.38. The fourth-order valence-corrected chi connectivity index (χ4v) is 4.83. The van der Waals surface area contributed by atoms with E-state index in [2.05, 4.69) is 0 Å². The lowest BCUT2D eigenvalue weighted by molar-refractivity contribution is -0.134. The zero-order chi connectivity index (χ0) is 19.7. The van der Waals surface area contributed by atoms with Crippen molar-refractivity contribution in [3.05, 3.63) is 24.2 Å². The number of hydrogen-bond donors (Lipinski definition) is 0. The summed E-state index contributed by atoms with van der Waals surface area (Å²) in [6, 6.07) is 3.60. The molecule has 154 valence electrons. The molecular weight excluding hydrogens is 368 g/mol. The van der Waals surface area contributed by atoms with Gasteiger partial charge in [-0.25, -0.2) is 8.42 Å². The Morgan fingerprint density at radius 3 is 2.70 bits per heavy atom. The molecule has 0 bridgehead atoms. The minimum Gasteiger partial charge on any atom is -0.467 e. The van der Waals surface area contributed by atoms with E-state index in [1.54, 1.807) is 17.2 Å². The van der Waals surface area contributed by atoms with Gasteiger partial charge < -0.3 is 14.1 Å². The first-order chi connectivity index (χ1) is 13.0. The summed E-state index contributed by atoms with van der Waals surface area (Å²) in [5, 5.41) is 0. The third kappa shape index (κ3) is 6.93. The van der Waals surface area contributed by atoms with Crippen LogP contribution in [0.3, 0.4) is 0 Å². The van der Waals surface area contributed by atoms with Crippen LogP contribution in [-0.2, 0) is 26.1 Å². The lowest BCUT2D eigenvalue weighted by atomic mass is 10.2. The van der Waals surface area contributed by atoms with E-state index in [0.717, 1.165) is 19.3 Å². The number of carbonyl (C=O) groups excluding carboxylic acids is 1. The van der Waals surface area contributed by atoms with Crippen LogP contribution in [0.25, 0.3) is 0 Å². The zero-order valence-corrected chi connectivity index (χ0v) is 17.2. The van der Waals surface area contributed by atoms with E-state index < -0.39 is 10.0 Å². The molecule has 7 nitrogen and oxygen atoms in total. The van der Waals surface area contributed by atoms with Gasteiger partial charge in [0, 0.05) is 19.7 Å². The first kappa shape index (κ1) is 21.9. The van der Waals surface area contributed by atoms with Crippen molar-refractivity contribution in [1.82, 2.24) is 9.21 Å². The summed E-state index contributed by atoms with van der Waals surface area (Å²) in [6.07, 6.45) is 5.54. The number of carbonyl (C=O) groups is 1. The van der Waals surface area contributed by atoms with Gasteiger partial charge in [0.05, 0.1) is 31.2 Å². The largest absolute Gasteiger partial charge is 0.467 e. The highest BCUT2D eigenvalue weighted by Crippen LogP contribution is 2.16. The van der Waals surface area contributed by atoms with Gasteiger partial charge in [0.1, 0.15) is 5.76 Å². The molecule has 1 unspecified atom stereocenters. The summed E-state index contributed by atoms with van der Waals surface area (Å²) < 4.78 is 37.6. The Bertz CT molecular complexity index is 654. The minimum absolute atomic E-state index is 0.000218. The van der Waals surface area contributed by atoms with Crippen LogP contribution in [0.5, 0.6) is 0 Å². The summed E-state index contributed by atoms with van der Waals surface area (Å²) in [4.78, 5) is 14.6. The highest BCUT2D eigenvalue weighted by atomic mass is 32.2. The number of nitrogens with zero attached hydrogens (tertiary/aromatic N) is 2. The average Bonchev–Trinajstić information content (AvgIpc) is 3.33. The van der Waals surface area contributed by atoms with Gasteiger partial charge in [-0.3, -0.25) is 4.79 Å². The Labute approximate surface area is 162 Å². The van der Waals surface area contributed by atoms with Crippen LogP contribution in [0, 0.1) is 0 Å². The lowest BCUT2D eigenvalue weighted by Crippen LogP contribution is -2.45. The molecule has 2 rings (SSSR count). The van der Waals surface area contributed by atoms with Gasteiger partial charge >= 0.3 is 0 Å². The third-order valence-corrected chi connectivity index (χ3v) is 6.56. The molecule has 1 aliphatic heterocycles. The SMILES string of the molecule is CCCCS(=O)(=O)N(CCC)CC(=O)N(Cc1ccco1)CC1CCCO1. The highest BCUT2D eigenvalue weighted by molar-refractivity contribution is 7.89. The summed E-state index contributed by atoms with van der Waals surface area (Å²) in [7, 11) is -3.43. The van der Waals surface area contributed by atoms with Gasteiger partial charge in [0.25, 0.3) is 0 Å². The molecule has 1 fully saturated rings. The zero-order valence-electron chi connectivity index (χ0n) is 16.4. The molecule has 0 aliphatic carbocycles. The molecule has 1 aliphatic rings. The van der Waals surface area contributed by atoms with Gasteiger partial charge in [-0.1, -0.05) is 20.3 Å². The molecule has 8 heteroatoms. The maximum absolute atomic E-state index is 13.0. The van der Waals surface area contributed by atoms with Crippen LogP contribution in [-0.4, -0.2) is 61.6 Å². The van der Waals surface area contributed by atoms with Crippen molar-refractivity contribution in [2.24, 2.45) is 0 Å². The van der Waals surface area contributed by atoms with Crippen molar-refractivity contribution in [3.8, 4) is 0 Å². The summed E-state index contributed by atoms with van der Waals surface area (Å²) >= 11 is 0. The Kier molecular flexibility index (Phi) is 8.79. The first-order valence-corrected chi connectivity index (χ1v) is 11.5. The van der Waals surface area contributed by atoms with Gasteiger partial charge in [0.2, 0.25) is 15.9 Å². The van der Waals surface area contributed by atoms with E-state index in [1.807, 2.05) is 19.9 Å². The fraction of sp³-hybridized carbons (Fsp3) is 0.737. The van der Waals surface area contributed by atoms with E-state index >= 15 is 0 Å². The molecule has 1 saturated heterocycles. The second-order valence-electron chi connectivity index (χ2n) is 6.99. The second kappa shape index (κ2) is 10.8. The third-order valence-electron chi connectivity index (χ3n) is 4.66. The molecule has 2 heterocycles. The minimum atomic E-state index is -3.43. The van der Waals surface area contributed by atoms with Gasteiger partial charge in [0.15, 0.2) is 0 Å². The number of hydrogen-bond acceptors (Lipinski definition) is 5. The number of furan rings is 1. The molecular formula is C19H32N2O5S. The lowest BCUT2D eigenvalue weighted by Gasteiger charge is -2.28. The van der Waals surface area contributed by atoms with E-state index in [0.29, 0.717) is 44.8 Å². The van der Waals surface area contributed by atoms with Gasteiger partial charge in [-0.2, -0.15) is 4.31 Å². The summed E-state index contributed by atoms with van der Waals surface area (Å²) in [6.45, 7) is 5.58. The Morgan fingerprint density at radius 2 is 2.11 bits per heavy atom. The van der Waals surface area contributed by atoms with E-state index in [4.69, 9.17) is 9.15 Å². The van der Waals surface area contributed by atoms with Gasteiger partial charge in [-0.15, -0.1) is 0 Å². The molecule has 1 atom stereocenters. The predicted molar refractivity (Wildman–Crippen MR) is 104 cm³/mol. The number of rotatable bonds is 12. The molecule has 0 aromatic carbocycles. The second-order valence-corrected chi connectivity index (χ2v) is 9.08. The van der Waals surface area contributed by atoms with Crippen LogP contribution in [0.4, 0.5) is 0 Å². The quantitative estimate of drug-likeness (QED) is 0.539. The summed E-state index contributed by atoms with van der Waals surface area (Å²) in [5.74, 6) is 0.549. The average molecular weight is 401 g/mol. The summed E-state index contributed by atoms with van der Waals surface area (Å²) in [5.41, 5.74) is 0. The first-order valence-electron chi connectivity index (χ1n) is 9.85. The molecule has 0 saturated carbocycles. The monoisotopic (exact) mass is 400 g/mol. The van der Waals surface area contributed by atoms with Crippen molar-refractivity contribution in [2.45, 2.75) is 58.6 Å². The van der Waals surface area contributed by atoms with Crippen molar-refractivity contribution >= 4 is 15.9 Å². The normalized spacial score (nSPS) is 17.5. The van der Waals surface area contributed by atoms with Crippen molar-refractivity contribution in [2.75, 3.05) is 32.0 Å². The van der Waals surface area contributed by atoms with Crippen LogP contribution in [0.2, 0.25) is 0 Å². The molecule has 1 amide bonds. The van der Waals surface area contributed by atoms with E-state index in [9.17, 15) is 13.2 Å². The predicted octanol–water partition coefficient (Wildman–Crippen LogP) is 2.63.